The molecule has 0 amide bonds. The van der Waals surface area contributed by atoms with Gasteiger partial charge in [-0.15, -0.1) is 0 Å². The van der Waals surface area contributed by atoms with Gasteiger partial charge in [0.15, 0.2) is 0 Å². The van der Waals surface area contributed by atoms with Gasteiger partial charge in [0.25, 0.3) is 0 Å². The fourth-order valence-corrected chi connectivity index (χ4v) is 2.45. The molecule has 1 unspecified atom stereocenters. The number of benzene rings is 1. The number of ether oxygens (including phenoxy) is 2. The first-order valence-electron chi connectivity index (χ1n) is 6.85. The van der Waals surface area contributed by atoms with E-state index in [1.165, 1.54) is 11.1 Å². The third kappa shape index (κ3) is 4.91. The summed E-state index contributed by atoms with van der Waals surface area (Å²) >= 11 is 0. The normalized spacial score (nSPS) is 19.8. The maximum absolute atomic E-state index is 5.72. The average molecular weight is 264 g/mol. The molecule has 4 nitrogen and oxygen atoms in total. The molecule has 0 bridgehead atoms. The molecule has 0 radical (unpaired) electrons. The van der Waals surface area contributed by atoms with E-state index in [0.29, 0.717) is 12.7 Å². The number of likely N-dealkylation sites (N-methyl/N-ethyl adjacent to an activating group) is 1. The van der Waals surface area contributed by atoms with Crippen LogP contribution in [0.4, 0.5) is 0 Å². The van der Waals surface area contributed by atoms with Crippen molar-refractivity contribution in [2.45, 2.75) is 19.3 Å². The van der Waals surface area contributed by atoms with Crippen LogP contribution < -0.4 is 5.32 Å². The molecule has 1 saturated heterocycles. The molecule has 1 aromatic rings. The van der Waals surface area contributed by atoms with Gasteiger partial charge in [-0.05, 0) is 18.2 Å². The quantitative estimate of drug-likeness (QED) is 0.838. The molecule has 0 spiro atoms. The Balaban J connectivity index is 1.83. The zero-order valence-corrected chi connectivity index (χ0v) is 11.9. The summed E-state index contributed by atoms with van der Waals surface area (Å²) in [5, 5.41) is 3.36. The molecule has 1 fully saturated rings. The van der Waals surface area contributed by atoms with E-state index in [0.717, 1.165) is 32.8 Å². The fourth-order valence-electron chi connectivity index (χ4n) is 2.45. The molecule has 1 aliphatic rings. The summed E-state index contributed by atoms with van der Waals surface area (Å²) in [6.07, 6.45) is 0.306. The Bertz CT molecular complexity index is 378. The SMILES string of the molecule is COCc1cccc(CN(C)CC2CNCCO2)c1. The predicted octanol–water partition coefficient (Wildman–Crippen LogP) is 1.25. The summed E-state index contributed by atoms with van der Waals surface area (Å²) in [7, 11) is 3.87. The first-order chi connectivity index (χ1) is 9.28. The van der Waals surface area contributed by atoms with E-state index in [-0.39, 0.29) is 0 Å². The number of morpholine rings is 1. The van der Waals surface area contributed by atoms with Crippen LogP contribution in [-0.2, 0) is 22.6 Å². The molecular formula is C15H24N2O2. The molecule has 0 aromatic heterocycles. The van der Waals surface area contributed by atoms with Gasteiger partial charge in [0, 0.05) is 33.3 Å². The second kappa shape index (κ2) is 7.60. The van der Waals surface area contributed by atoms with Crippen LogP contribution in [0.25, 0.3) is 0 Å². The molecular weight excluding hydrogens is 240 g/mol. The lowest BCUT2D eigenvalue weighted by atomic mass is 10.1. The first-order valence-corrected chi connectivity index (χ1v) is 6.85. The van der Waals surface area contributed by atoms with E-state index >= 15 is 0 Å². The highest BCUT2D eigenvalue weighted by molar-refractivity contribution is 5.22. The largest absolute Gasteiger partial charge is 0.380 e. The highest BCUT2D eigenvalue weighted by atomic mass is 16.5. The van der Waals surface area contributed by atoms with Crippen molar-refractivity contribution in [3.8, 4) is 0 Å². The highest BCUT2D eigenvalue weighted by Gasteiger charge is 2.15. The van der Waals surface area contributed by atoms with Crippen molar-refractivity contribution in [1.29, 1.82) is 0 Å². The summed E-state index contributed by atoms with van der Waals surface area (Å²) in [6.45, 7) is 5.32. The van der Waals surface area contributed by atoms with E-state index < -0.39 is 0 Å². The lowest BCUT2D eigenvalue weighted by molar-refractivity contribution is 0.00884. The lowest BCUT2D eigenvalue weighted by Crippen LogP contribution is -2.44. The number of methoxy groups -OCH3 is 1. The Morgan fingerprint density at radius 3 is 3.00 bits per heavy atom. The van der Waals surface area contributed by atoms with E-state index in [2.05, 4.69) is 41.5 Å². The van der Waals surface area contributed by atoms with Crippen molar-refractivity contribution in [2.75, 3.05) is 40.4 Å². The Morgan fingerprint density at radius 1 is 1.42 bits per heavy atom. The predicted molar refractivity (Wildman–Crippen MR) is 76.1 cm³/mol. The van der Waals surface area contributed by atoms with Crippen LogP contribution in [-0.4, -0.2) is 51.4 Å². The monoisotopic (exact) mass is 264 g/mol. The summed E-state index contributed by atoms with van der Waals surface area (Å²) < 4.78 is 10.9. The van der Waals surface area contributed by atoms with Crippen LogP contribution in [0.2, 0.25) is 0 Å². The number of nitrogens with zero attached hydrogens (tertiary/aromatic N) is 1. The van der Waals surface area contributed by atoms with E-state index in [1.807, 2.05) is 0 Å². The van der Waals surface area contributed by atoms with Gasteiger partial charge < -0.3 is 14.8 Å². The number of nitrogens with one attached hydrogen (secondary N) is 1. The van der Waals surface area contributed by atoms with Crippen molar-refractivity contribution in [2.24, 2.45) is 0 Å². The van der Waals surface area contributed by atoms with Gasteiger partial charge >= 0.3 is 0 Å². The minimum absolute atomic E-state index is 0.306. The van der Waals surface area contributed by atoms with Crippen LogP contribution >= 0.6 is 0 Å². The summed E-state index contributed by atoms with van der Waals surface area (Å²) in [5.74, 6) is 0. The van der Waals surface area contributed by atoms with Crippen molar-refractivity contribution in [3.63, 3.8) is 0 Å². The van der Waals surface area contributed by atoms with Crippen molar-refractivity contribution >= 4 is 0 Å². The highest BCUT2D eigenvalue weighted by Crippen LogP contribution is 2.09. The Morgan fingerprint density at radius 2 is 2.26 bits per heavy atom. The third-order valence-electron chi connectivity index (χ3n) is 3.27. The van der Waals surface area contributed by atoms with Crippen molar-refractivity contribution < 1.29 is 9.47 Å². The smallest absolute Gasteiger partial charge is 0.0826 e. The maximum Gasteiger partial charge on any atom is 0.0826 e. The summed E-state index contributed by atoms with van der Waals surface area (Å²) in [4.78, 5) is 2.31. The molecule has 1 N–H and O–H groups in total. The number of hydrogen-bond acceptors (Lipinski definition) is 4. The molecule has 2 rings (SSSR count). The maximum atomic E-state index is 5.72. The Labute approximate surface area is 115 Å². The molecule has 19 heavy (non-hydrogen) atoms. The van der Waals surface area contributed by atoms with Gasteiger partial charge in [-0.3, -0.25) is 4.90 Å². The molecule has 0 aliphatic carbocycles. The van der Waals surface area contributed by atoms with Crippen LogP contribution in [0.3, 0.4) is 0 Å². The average Bonchev–Trinajstić information content (AvgIpc) is 2.40. The van der Waals surface area contributed by atoms with Crippen LogP contribution in [0.15, 0.2) is 24.3 Å². The van der Waals surface area contributed by atoms with Gasteiger partial charge in [-0.2, -0.15) is 0 Å². The second-order valence-corrected chi connectivity index (χ2v) is 5.15. The first kappa shape index (κ1) is 14.5. The minimum atomic E-state index is 0.306. The summed E-state index contributed by atoms with van der Waals surface area (Å²) in [6, 6.07) is 8.56. The number of hydrogen-bond donors (Lipinski definition) is 1. The molecule has 1 aromatic carbocycles. The van der Waals surface area contributed by atoms with E-state index in [9.17, 15) is 0 Å². The number of rotatable bonds is 6. The van der Waals surface area contributed by atoms with Gasteiger partial charge in [-0.25, -0.2) is 0 Å². The zero-order valence-electron chi connectivity index (χ0n) is 11.9. The van der Waals surface area contributed by atoms with Crippen molar-refractivity contribution in [1.82, 2.24) is 10.2 Å². The van der Waals surface area contributed by atoms with E-state index in [4.69, 9.17) is 9.47 Å². The van der Waals surface area contributed by atoms with Gasteiger partial charge in [0.1, 0.15) is 0 Å². The molecule has 1 atom stereocenters. The third-order valence-corrected chi connectivity index (χ3v) is 3.27. The molecule has 1 aliphatic heterocycles. The molecule has 106 valence electrons. The lowest BCUT2D eigenvalue weighted by Gasteiger charge is -2.28. The van der Waals surface area contributed by atoms with Crippen LogP contribution in [0.5, 0.6) is 0 Å². The zero-order chi connectivity index (χ0) is 13.5. The molecule has 4 heteroatoms. The molecule has 0 saturated carbocycles. The summed E-state index contributed by atoms with van der Waals surface area (Å²) in [5.41, 5.74) is 2.55. The minimum Gasteiger partial charge on any atom is -0.380 e. The van der Waals surface area contributed by atoms with Crippen LogP contribution in [0.1, 0.15) is 11.1 Å². The fraction of sp³-hybridized carbons (Fsp3) is 0.600. The topological polar surface area (TPSA) is 33.7 Å². The van der Waals surface area contributed by atoms with Gasteiger partial charge in [-0.1, -0.05) is 24.3 Å². The Kier molecular flexibility index (Phi) is 5.79. The van der Waals surface area contributed by atoms with E-state index in [1.54, 1.807) is 7.11 Å². The van der Waals surface area contributed by atoms with Gasteiger partial charge in [0.2, 0.25) is 0 Å². The second-order valence-electron chi connectivity index (χ2n) is 5.15. The standard InChI is InChI=1S/C15H24N2O2/c1-17(11-15-9-16-6-7-19-15)10-13-4-3-5-14(8-13)12-18-2/h3-5,8,15-16H,6-7,9-12H2,1-2H3. The molecule has 1 heterocycles. The Hall–Kier alpha value is -0.940. The van der Waals surface area contributed by atoms with Crippen molar-refractivity contribution in [3.05, 3.63) is 35.4 Å². The van der Waals surface area contributed by atoms with Gasteiger partial charge in [0.05, 0.1) is 19.3 Å². The van der Waals surface area contributed by atoms with Crippen LogP contribution in [0, 0.1) is 0 Å².